The second-order valence-corrected chi connectivity index (χ2v) is 3.23. The van der Waals surface area contributed by atoms with E-state index < -0.39 is 4.92 Å². The first-order chi connectivity index (χ1) is 6.59. The highest BCUT2D eigenvalue weighted by Gasteiger charge is 2.01. The highest BCUT2D eigenvalue weighted by Crippen LogP contribution is 2.10. The van der Waals surface area contributed by atoms with Crippen molar-refractivity contribution in [2.75, 3.05) is 0 Å². The molecule has 0 bridgehead atoms. The van der Waals surface area contributed by atoms with Gasteiger partial charge in [0.25, 0.3) is 5.69 Å². The molecule has 0 fully saturated rings. The van der Waals surface area contributed by atoms with Crippen molar-refractivity contribution < 1.29 is 4.92 Å². The minimum atomic E-state index is -0.417. The smallest absolute Gasteiger partial charge is 0.258 e. The van der Waals surface area contributed by atoms with Gasteiger partial charge >= 0.3 is 0 Å². The second kappa shape index (κ2) is 4.43. The maximum Gasteiger partial charge on any atom is 0.269 e. The molecule has 0 aliphatic carbocycles. The van der Waals surface area contributed by atoms with E-state index in [-0.39, 0.29) is 5.69 Å². The summed E-state index contributed by atoms with van der Waals surface area (Å²) >= 11 is 0. The van der Waals surface area contributed by atoms with Crippen LogP contribution in [-0.4, -0.2) is 4.92 Å². The Morgan fingerprint density at radius 3 is 2.29 bits per heavy atom. The SMILES string of the molecule is CC(C)C#Cc1ccc([N+](=O)[O-])cc1. The molecule has 0 aromatic heterocycles. The van der Waals surface area contributed by atoms with E-state index in [0.29, 0.717) is 5.92 Å². The summed E-state index contributed by atoms with van der Waals surface area (Å²) in [4.78, 5) is 9.93. The summed E-state index contributed by atoms with van der Waals surface area (Å²) in [6.07, 6.45) is 0. The number of nitro groups is 1. The monoisotopic (exact) mass is 189 g/mol. The molecule has 0 unspecified atom stereocenters. The summed E-state index contributed by atoms with van der Waals surface area (Å²) < 4.78 is 0. The largest absolute Gasteiger partial charge is 0.269 e. The second-order valence-electron chi connectivity index (χ2n) is 3.23. The lowest BCUT2D eigenvalue weighted by Gasteiger charge is -1.92. The van der Waals surface area contributed by atoms with Gasteiger partial charge in [0.15, 0.2) is 0 Å². The lowest BCUT2D eigenvalue weighted by molar-refractivity contribution is -0.384. The maximum absolute atomic E-state index is 10.3. The Labute approximate surface area is 82.9 Å². The molecule has 0 heterocycles. The van der Waals surface area contributed by atoms with E-state index in [1.54, 1.807) is 12.1 Å². The van der Waals surface area contributed by atoms with Crippen LogP contribution < -0.4 is 0 Å². The van der Waals surface area contributed by atoms with Crippen LogP contribution in [0.4, 0.5) is 5.69 Å². The van der Waals surface area contributed by atoms with Crippen molar-refractivity contribution in [1.82, 2.24) is 0 Å². The van der Waals surface area contributed by atoms with Gasteiger partial charge in [-0.05, 0) is 12.1 Å². The van der Waals surface area contributed by atoms with Gasteiger partial charge in [0.05, 0.1) is 4.92 Å². The third kappa shape index (κ3) is 2.91. The van der Waals surface area contributed by atoms with Crippen molar-refractivity contribution in [3.8, 4) is 11.8 Å². The molecular weight excluding hydrogens is 178 g/mol. The number of nitro benzene ring substituents is 1. The van der Waals surface area contributed by atoms with Crippen molar-refractivity contribution in [2.45, 2.75) is 13.8 Å². The summed E-state index contributed by atoms with van der Waals surface area (Å²) in [5.74, 6) is 6.24. The van der Waals surface area contributed by atoms with E-state index >= 15 is 0 Å². The Bertz CT molecular complexity index is 382. The van der Waals surface area contributed by atoms with Gasteiger partial charge in [-0.1, -0.05) is 25.7 Å². The van der Waals surface area contributed by atoms with Crippen LogP contribution in [0.5, 0.6) is 0 Å². The number of benzene rings is 1. The molecule has 72 valence electrons. The molecule has 1 aromatic rings. The van der Waals surface area contributed by atoms with Crippen LogP contribution in [-0.2, 0) is 0 Å². The van der Waals surface area contributed by atoms with Gasteiger partial charge in [0, 0.05) is 23.6 Å². The fourth-order valence-electron chi connectivity index (χ4n) is 0.894. The molecule has 0 spiro atoms. The van der Waals surface area contributed by atoms with Crippen LogP contribution in [0.3, 0.4) is 0 Å². The molecular formula is C11H11NO2. The third-order valence-electron chi connectivity index (χ3n) is 1.58. The number of nitrogens with zero attached hydrogens (tertiary/aromatic N) is 1. The average molecular weight is 189 g/mol. The zero-order valence-corrected chi connectivity index (χ0v) is 8.15. The van der Waals surface area contributed by atoms with E-state index in [4.69, 9.17) is 0 Å². The molecule has 0 saturated heterocycles. The number of rotatable bonds is 1. The molecule has 3 nitrogen and oxygen atoms in total. The summed E-state index contributed by atoms with van der Waals surface area (Å²) in [6, 6.07) is 6.25. The topological polar surface area (TPSA) is 43.1 Å². The van der Waals surface area contributed by atoms with Crippen LogP contribution >= 0.6 is 0 Å². The van der Waals surface area contributed by atoms with Crippen molar-refractivity contribution >= 4 is 5.69 Å². The highest BCUT2D eigenvalue weighted by molar-refractivity contribution is 5.41. The first kappa shape index (κ1) is 10.3. The fourth-order valence-corrected chi connectivity index (χ4v) is 0.894. The van der Waals surface area contributed by atoms with E-state index in [0.717, 1.165) is 5.56 Å². The van der Waals surface area contributed by atoms with E-state index in [1.807, 2.05) is 13.8 Å². The molecule has 0 radical (unpaired) electrons. The molecule has 0 aliphatic rings. The molecule has 0 aliphatic heterocycles. The Balaban J connectivity index is 2.85. The van der Waals surface area contributed by atoms with Crippen LogP contribution in [0, 0.1) is 27.9 Å². The fraction of sp³-hybridized carbons (Fsp3) is 0.273. The van der Waals surface area contributed by atoms with Gasteiger partial charge in [-0.25, -0.2) is 0 Å². The average Bonchev–Trinajstić information content (AvgIpc) is 2.15. The van der Waals surface area contributed by atoms with Crippen LogP contribution in [0.2, 0.25) is 0 Å². The molecule has 1 aromatic carbocycles. The van der Waals surface area contributed by atoms with Gasteiger partial charge in [-0.2, -0.15) is 0 Å². The van der Waals surface area contributed by atoms with Crippen LogP contribution in [0.25, 0.3) is 0 Å². The van der Waals surface area contributed by atoms with E-state index in [1.165, 1.54) is 12.1 Å². The van der Waals surface area contributed by atoms with Gasteiger partial charge < -0.3 is 0 Å². The zero-order chi connectivity index (χ0) is 10.6. The Morgan fingerprint density at radius 1 is 1.29 bits per heavy atom. The molecule has 0 N–H and O–H groups in total. The third-order valence-corrected chi connectivity index (χ3v) is 1.58. The lowest BCUT2D eigenvalue weighted by atomic mass is 10.1. The Kier molecular flexibility index (Phi) is 3.24. The van der Waals surface area contributed by atoms with Crippen LogP contribution in [0.1, 0.15) is 19.4 Å². The first-order valence-corrected chi connectivity index (χ1v) is 4.35. The molecule has 3 heteroatoms. The van der Waals surface area contributed by atoms with Crippen molar-refractivity contribution in [3.05, 3.63) is 39.9 Å². The molecule has 1 rings (SSSR count). The number of hydrogen-bond acceptors (Lipinski definition) is 2. The minimum absolute atomic E-state index is 0.0973. The van der Waals surface area contributed by atoms with Gasteiger partial charge in [0.1, 0.15) is 0 Å². The van der Waals surface area contributed by atoms with Crippen molar-refractivity contribution in [2.24, 2.45) is 5.92 Å². The summed E-state index contributed by atoms with van der Waals surface area (Å²) in [7, 11) is 0. The lowest BCUT2D eigenvalue weighted by Crippen LogP contribution is -1.87. The highest BCUT2D eigenvalue weighted by atomic mass is 16.6. The Hall–Kier alpha value is -1.82. The maximum atomic E-state index is 10.3. The van der Waals surface area contributed by atoms with Gasteiger partial charge in [-0.3, -0.25) is 10.1 Å². The standard InChI is InChI=1S/C11H11NO2/c1-9(2)3-4-10-5-7-11(8-6-10)12(13)14/h5-9H,1-2H3. The Morgan fingerprint density at radius 2 is 1.86 bits per heavy atom. The van der Waals surface area contributed by atoms with E-state index in [9.17, 15) is 10.1 Å². The first-order valence-electron chi connectivity index (χ1n) is 4.35. The van der Waals surface area contributed by atoms with E-state index in [2.05, 4.69) is 11.8 Å². The normalized spacial score (nSPS) is 9.36. The predicted molar refractivity (Wildman–Crippen MR) is 54.8 cm³/mol. The molecule has 0 atom stereocenters. The zero-order valence-electron chi connectivity index (χ0n) is 8.15. The quantitative estimate of drug-likeness (QED) is 0.387. The molecule has 0 saturated carbocycles. The van der Waals surface area contributed by atoms with Crippen molar-refractivity contribution in [3.63, 3.8) is 0 Å². The summed E-state index contributed by atoms with van der Waals surface area (Å²) in [6.45, 7) is 4.00. The minimum Gasteiger partial charge on any atom is -0.258 e. The molecule has 0 amide bonds. The molecule has 14 heavy (non-hydrogen) atoms. The number of hydrogen-bond donors (Lipinski definition) is 0. The summed E-state index contributed by atoms with van der Waals surface area (Å²) in [5, 5.41) is 10.3. The van der Waals surface area contributed by atoms with Gasteiger partial charge in [-0.15, -0.1) is 0 Å². The predicted octanol–water partition coefficient (Wildman–Crippen LogP) is 2.60. The van der Waals surface area contributed by atoms with Crippen LogP contribution in [0.15, 0.2) is 24.3 Å². The van der Waals surface area contributed by atoms with Gasteiger partial charge in [0.2, 0.25) is 0 Å². The number of non-ortho nitro benzene ring substituents is 1. The summed E-state index contributed by atoms with van der Waals surface area (Å²) in [5.41, 5.74) is 0.907. The van der Waals surface area contributed by atoms with Crippen molar-refractivity contribution in [1.29, 1.82) is 0 Å².